The Morgan fingerprint density at radius 2 is 1.84 bits per heavy atom. The van der Waals surface area contributed by atoms with Crippen LogP contribution in [0.5, 0.6) is 5.75 Å². The summed E-state index contributed by atoms with van der Waals surface area (Å²) in [5.74, 6) is 0.758. The molecule has 0 amide bonds. The molecule has 0 fully saturated rings. The maximum Gasteiger partial charge on any atom is 0.124 e. The lowest BCUT2D eigenvalue weighted by Gasteiger charge is -2.17. The van der Waals surface area contributed by atoms with Crippen LogP contribution in [0.25, 0.3) is 10.9 Å². The molecule has 0 spiro atoms. The third kappa shape index (κ3) is 4.57. The first kappa shape index (κ1) is 20.7. The number of pyridine rings is 1. The van der Waals surface area contributed by atoms with Crippen LogP contribution in [-0.2, 0) is 0 Å². The molecular formula is C17H19Cl2IN3OP. The summed E-state index contributed by atoms with van der Waals surface area (Å²) in [5.41, 5.74) is 2.84. The Labute approximate surface area is 172 Å². The number of aromatic nitrogens is 3. The van der Waals surface area contributed by atoms with Crippen molar-refractivity contribution in [1.29, 1.82) is 0 Å². The van der Waals surface area contributed by atoms with E-state index < -0.39 is 0 Å². The summed E-state index contributed by atoms with van der Waals surface area (Å²) in [7, 11) is 0. The molecule has 2 atom stereocenters. The van der Waals surface area contributed by atoms with Crippen molar-refractivity contribution in [2.24, 2.45) is 0 Å². The van der Waals surface area contributed by atoms with Gasteiger partial charge in [0.2, 0.25) is 0 Å². The smallest absolute Gasteiger partial charge is 0.124 e. The molecular weight excluding hydrogens is 491 g/mol. The Bertz CT molecular complexity index is 852. The molecule has 1 unspecified atom stereocenters. The number of hydrogen-bond acceptors (Lipinski definition) is 3. The maximum absolute atomic E-state index is 6.19. The van der Waals surface area contributed by atoms with Crippen molar-refractivity contribution < 1.29 is 4.74 Å². The second kappa shape index (κ2) is 9.36. The van der Waals surface area contributed by atoms with E-state index in [2.05, 4.69) is 32.1 Å². The first-order chi connectivity index (χ1) is 12.0. The normalized spacial score (nSPS) is 12.3. The zero-order chi connectivity index (χ0) is 18.6. The summed E-state index contributed by atoms with van der Waals surface area (Å²) in [6, 6.07) is 5.97. The van der Waals surface area contributed by atoms with Gasteiger partial charge in [-0.3, -0.25) is 4.98 Å². The number of halogens is 3. The van der Waals surface area contributed by atoms with Crippen LogP contribution < -0.4 is 4.74 Å². The molecule has 0 aliphatic carbocycles. The fourth-order valence-electron chi connectivity index (χ4n) is 2.46. The highest BCUT2D eigenvalue weighted by atomic mass is 127. The van der Waals surface area contributed by atoms with E-state index in [9.17, 15) is 0 Å². The summed E-state index contributed by atoms with van der Waals surface area (Å²) >= 11 is 14.7. The number of aryl methyl sites for hydroxylation is 1. The molecule has 0 aliphatic heterocycles. The van der Waals surface area contributed by atoms with Gasteiger partial charge in [-0.1, -0.05) is 37.0 Å². The van der Waals surface area contributed by atoms with E-state index in [1.54, 1.807) is 12.4 Å². The summed E-state index contributed by atoms with van der Waals surface area (Å²) in [6.45, 7) is 7.92. The number of fused-ring (bicyclic) bond motifs is 1. The predicted octanol–water partition coefficient (Wildman–Crippen LogP) is 7.00. The third-order valence-corrected chi connectivity index (χ3v) is 6.00. The van der Waals surface area contributed by atoms with Crippen molar-refractivity contribution in [3.05, 3.63) is 51.9 Å². The van der Waals surface area contributed by atoms with E-state index in [4.69, 9.17) is 27.9 Å². The molecule has 0 bridgehead atoms. The van der Waals surface area contributed by atoms with Crippen LogP contribution in [-0.4, -0.2) is 14.5 Å². The van der Waals surface area contributed by atoms with Crippen LogP contribution in [0.3, 0.4) is 0 Å². The van der Waals surface area contributed by atoms with Gasteiger partial charge in [0.25, 0.3) is 0 Å². The molecule has 0 saturated heterocycles. The first-order valence-electron chi connectivity index (χ1n) is 7.83. The van der Waals surface area contributed by atoms with Crippen LogP contribution in [0.15, 0.2) is 30.6 Å². The first-order valence-corrected chi connectivity index (χ1v) is 12.6. The minimum absolute atomic E-state index is 0.280. The van der Waals surface area contributed by atoms with E-state index in [1.807, 2.05) is 50.3 Å². The van der Waals surface area contributed by atoms with Crippen molar-refractivity contribution in [3.63, 3.8) is 0 Å². The molecule has 1 aromatic carbocycles. The summed E-state index contributed by atoms with van der Waals surface area (Å²) in [4.78, 5) is 3.97. The van der Waals surface area contributed by atoms with E-state index in [-0.39, 0.29) is 6.10 Å². The van der Waals surface area contributed by atoms with Crippen LogP contribution in [0.4, 0.5) is 0 Å². The number of hydrogen-bond donors (Lipinski definition) is 0. The van der Waals surface area contributed by atoms with Gasteiger partial charge in [0.05, 0.1) is 27.6 Å². The van der Waals surface area contributed by atoms with Crippen molar-refractivity contribution >= 4 is 62.5 Å². The van der Waals surface area contributed by atoms with Crippen LogP contribution in [0.2, 0.25) is 10.0 Å². The van der Waals surface area contributed by atoms with Gasteiger partial charge in [-0.05, 0) is 54.1 Å². The largest absolute Gasteiger partial charge is 0.486 e. The molecule has 3 aromatic rings. The monoisotopic (exact) mass is 509 g/mol. The molecule has 134 valence electrons. The molecule has 0 radical (unpaired) electrons. The average molecular weight is 510 g/mol. The highest BCUT2D eigenvalue weighted by Gasteiger charge is 2.17. The zero-order valence-corrected chi connectivity index (χ0v) is 19.0. The predicted molar refractivity (Wildman–Crippen MR) is 117 cm³/mol. The Kier molecular flexibility index (Phi) is 7.74. The SMILES string of the molecule is CC.Cc1nn(PI)c2ccc(O[C@H](C)c3c(Cl)cncc3Cl)cc12. The molecule has 0 aliphatic rings. The Balaban J connectivity index is 0.00000109. The number of nitrogens with zero attached hydrogens (tertiary/aromatic N) is 3. The second-order valence-electron chi connectivity index (χ2n) is 5.04. The Hall–Kier alpha value is -0.620. The van der Waals surface area contributed by atoms with Gasteiger partial charge < -0.3 is 4.74 Å². The Morgan fingerprint density at radius 3 is 2.44 bits per heavy atom. The highest BCUT2D eigenvalue weighted by Crippen LogP contribution is 2.35. The minimum atomic E-state index is -0.280. The van der Waals surface area contributed by atoms with Crippen molar-refractivity contribution in [2.45, 2.75) is 33.8 Å². The lowest BCUT2D eigenvalue weighted by atomic mass is 10.1. The molecule has 8 heteroatoms. The third-order valence-electron chi connectivity index (χ3n) is 3.53. The number of benzene rings is 1. The van der Waals surface area contributed by atoms with Gasteiger partial charge in [-0.2, -0.15) is 5.10 Å². The molecule has 25 heavy (non-hydrogen) atoms. The van der Waals surface area contributed by atoms with E-state index >= 15 is 0 Å². The standard InChI is InChI=1S/C15H13Cl2IN3OP.C2H6/c1-8-11-5-10(3-4-14(11)21(20-8)23-18)22-9(2)15-12(16)6-19-7-13(15)17;1-2/h3-7,9,23H,1-2H3;1-2H3/t9-;/m1./s1. The van der Waals surface area contributed by atoms with Gasteiger partial charge >= 0.3 is 0 Å². The molecule has 3 rings (SSSR count). The van der Waals surface area contributed by atoms with Crippen LogP contribution in [0, 0.1) is 6.92 Å². The summed E-state index contributed by atoms with van der Waals surface area (Å²) in [5, 5.41) is 6.62. The molecule has 0 saturated carbocycles. The quantitative estimate of drug-likeness (QED) is 0.280. The summed E-state index contributed by atoms with van der Waals surface area (Å²) in [6.07, 6.45) is 3.43. The number of ether oxygens (including phenoxy) is 1. The van der Waals surface area contributed by atoms with Crippen LogP contribution >= 0.6 is 51.6 Å². The van der Waals surface area contributed by atoms with Crippen molar-refractivity contribution in [2.75, 3.05) is 0 Å². The zero-order valence-electron chi connectivity index (χ0n) is 14.3. The molecule has 2 aromatic heterocycles. The fourth-order valence-corrected chi connectivity index (χ4v) is 4.71. The van der Waals surface area contributed by atoms with Crippen molar-refractivity contribution in [3.8, 4) is 5.75 Å². The van der Waals surface area contributed by atoms with Crippen LogP contribution in [0.1, 0.15) is 38.1 Å². The topological polar surface area (TPSA) is 39.9 Å². The minimum Gasteiger partial charge on any atom is -0.486 e. The summed E-state index contributed by atoms with van der Waals surface area (Å²) < 4.78 is 8.03. The van der Waals surface area contributed by atoms with E-state index in [0.717, 1.165) is 27.9 Å². The maximum atomic E-state index is 6.19. The van der Waals surface area contributed by atoms with Crippen molar-refractivity contribution in [1.82, 2.24) is 14.5 Å². The van der Waals surface area contributed by atoms with Gasteiger partial charge in [0, 0.05) is 23.3 Å². The molecule has 2 heterocycles. The van der Waals surface area contributed by atoms with Gasteiger partial charge in [0.15, 0.2) is 0 Å². The second-order valence-corrected chi connectivity index (χ2v) is 7.89. The van der Waals surface area contributed by atoms with E-state index in [0.29, 0.717) is 16.4 Å². The lowest BCUT2D eigenvalue weighted by molar-refractivity contribution is 0.227. The number of rotatable bonds is 4. The van der Waals surface area contributed by atoms with Gasteiger partial charge in [0.1, 0.15) is 11.9 Å². The highest BCUT2D eigenvalue weighted by molar-refractivity contribution is 14.2. The van der Waals surface area contributed by atoms with Gasteiger partial charge in [-0.25, -0.2) is 4.45 Å². The molecule has 4 nitrogen and oxygen atoms in total. The Morgan fingerprint density at radius 1 is 1.20 bits per heavy atom. The lowest BCUT2D eigenvalue weighted by Crippen LogP contribution is -2.05. The van der Waals surface area contributed by atoms with Gasteiger partial charge in [-0.15, -0.1) is 0 Å². The average Bonchev–Trinajstić information content (AvgIpc) is 2.92. The molecule has 0 N–H and O–H groups in total. The van der Waals surface area contributed by atoms with E-state index in [1.165, 1.54) is 0 Å². The fraction of sp³-hybridized carbons (Fsp3) is 0.294.